The molecule has 3 nitrogen and oxygen atoms in total. The Hall–Kier alpha value is -0.570. The summed E-state index contributed by atoms with van der Waals surface area (Å²) in [6, 6.07) is 0. The van der Waals surface area contributed by atoms with Crippen molar-refractivity contribution in [1.82, 2.24) is 4.90 Å². The summed E-state index contributed by atoms with van der Waals surface area (Å²) in [5, 5.41) is 7.17. The van der Waals surface area contributed by atoms with Gasteiger partial charge in [0.25, 0.3) is 0 Å². The van der Waals surface area contributed by atoms with Crippen molar-refractivity contribution in [3.8, 4) is 0 Å². The van der Waals surface area contributed by atoms with Crippen molar-refractivity contribution in [3.05, 3.63) is 0 Å². The Morgan fingerprint density at radius 1 is 0.938 bits per heavy atom. The van der Waals surface area contributed by atoms with E-state index in [1.54, 1.807) is 0 Å². The highest BCUT2D eigenvalue weighted by molar-refractivity contribution is 5.76. The molecule has 0 aromatic heterocycles. The molecule has 3 N–H and O–H groups in total. The molecule has 0 saturated heterocycles. The van der Waals surface area contributed by atoms with Crippen molar-refractivity contribution < 1.29 is 0 Å². The minimum Gasteiger partial charge on any atom is -0.388 e. The van der Waals surface area contributed by atoms with E-state index in [9.17, 15) is 0 Å². The smallest absolute Gasteiger partial charge is 0.0905 e. The third-order valence-electron chi connectivity index (χ3n) is 2.83. The van der Waals surface area contributed by atoms with Crippen LogP contribution in [0.15, 0.2) is 0 Å². The molecule has 0 amide bonds. The van der Waals surface area contributed by atoms with Crippen LogP contribution in [0.2, 0.25) is 0 Å². The van der Waals surface area contributed by atoms with Gasteiger partial charge in [-0.1, -0.05) is 26.7 Å². The summed E-state index contributed by atoms with van der Waals surface area (Å²) in [5.41, 5.74) is 5.34. The minimum atomic E-state index is 0.327. The second kappa shape index (κ2) is 10.9. The molecule has 0 atom stereocenters. The van der Waals surface area contributed by atoms with Gasteiger partial charge in [0.05, 0.1) is 5.84 Å². The van der Waals surface area contributed by atoms with Crippen molar-refractivity contribution in [2.75, 3.05) is 19.6 Å². The molecule has 96 valence electrons. The maximum absolute atomic E-state index is 7.17. The fourth-order valence-electron chi connectivity index (χ4n) is 1.75. The van der Waals surface area contributed by atoms with Crippen molar-refractivity contribution >= 4 is 5.84 Å². The van der Waals surface area contributed by atoms with Gasteiger partial charge in [0.2, 0.25) is 0 Å². The molecule has 0 spiro atoms. The summed E-state index contributed by atoms with van der Waals surface area (Å²) in [5.74, 6) is 0.327. The molecule has 0 bridgehead atoms. The summed E-state index contributed by atoms with van der Waals surface area (Å²) >= 11 is 0. The van der Waals surface area contributed by atoms with Crippen LogP contribution in [0.1, 0.15) is 58.8 Å². The summed E-state index contributed by atoms with van der Waals surface area (Å²) < 4.78 is 0. The van der Waals surface area contributed by atoms with Crippen LogP contribution < -0.4 is 5.73 Å². The molecule has 0 rings (SSSR count). The zero-order valence-corrected chi connectivity index (χ0v) is 11.1. The van der Waals surface area contributed by atoms with Crippen molar-refractivity contribution in [2.45, 2.75) is 58.8 Å². The normalized spacial score (nSPS) is 10.9. The van der Waals surface area contributed by atoms with Gasteiger partial charge < -0.3 is 10.6 Å². The molecule has 0 aromatic carbocycles. The largest absolute Gasteiger partial charge is 0.388 e. The van der Waals surface area contributed by atoms with E-state index in [-0.39, 0.29) is 0 Å². The first kappa shape index (κ1) is 15.4. The van der Waals surface area contributed by atoms with Gasteiger partial charge in [-0.2, -0.15) is 0 Å². The average Bonchev–Trinajstić information content (AvgIpc) is 2.26. The SMILES string of the molecule is CCCCN(CCCC)CCCCC(=N)N. The Balaban J connectivity index is 3.59. The maximum atomic E-state index is 7.17. The third kappa shape index (κ3) is 9.97. The van der Waals surface area contributed by atoms with E-state index in [4.69, 9.17) is 11.1 Å². The number of hydrogen-bond acceptors (Lipinski definition) is 2. The highest BCUT2D eigenvalue weighted by Gasteiger charge is 2.03. The van der Waals surface area contributed by atoms with Crippen LogP contribution in [-0.2, 0) is 0 Å². The Bertz CT molecular complexity index is 161. The molecule has 0 unspecified atom stereocenters. The lowest BCUT2D eigenvalue weighted by Gasteiger charge is -2.21. The highest BCUT2D eigenvalue weighted by Crippen LogP contribution is 2.03. The molecule has 0 aliphatic carbocycles. The van der Waals surface area contributed by atoms with Crippen LogP contribution in [0.5, 0.6) is 0 Å². The van der Waals surface area contributed by atoms with Crippen LogP contribution >= 0.6 is 0 Å². The summed E-state index contributed by atoms with van der Waals surface area (Å²) in [6.07, 6.45) is 8.14. The Morgan fingerprint density at radius 3 is 1.88 bits per heavy atom. The van der Waals surface area contributed by atoms with E-state index in [0.717, 1.165) is 12.8 Å². The molecule has 0 aliphatic heterocycles. The Kier molecular flexibility index (Phi) is 10.5. The highest BCUT2D eigenvalue weighted by atomic mass is 15.1. The summed E-state index contributed by atoms with van der Waals surface area (Å²) in [4.78, 5) is 2.56. The first-order valence-corrected chi connectivity index (χ1v) is 6.76. The van der Waals surface area contributed by atoms with Crippen LogP contribution in [0.4, 0.5) is 0 Å². The molecule has 0 fully saturated rings. The summed E-state index contributed by atoms with van der Waals surface area (Å²) in [6.45, 7) is 8.13. The van der Waals surface area contributed by atoms with E-state index in [1.165, 1.54) is 51.7 Å². The van der Waals surface area contributed by atoms with Crippen LogP contribution in [-0.4, -0.2) is 30.4 Å². The van der Waals surface area contributed by atoms with Crippen molar-refractivity contribution in [1.29, 1.82) is 5.41 Å². The third-order valence-corrected chi connectivity index (χ3v) is 2.83. The van der Waals surface area contributed by atoms with Crippen LogP contribution in [0, 0.1) is 5.41 Å². The minimum absolute atomic E-state index is 0.327. The second-order valence-electron chi connectivity index (χ2n) is 4.53. The molecule has 0 aromatic rings. The zero-order chi connectivity index (χ0) is 12.2. The lowest BCUT2D eigenvalue weighted by Crippen LogP contribution is -2.27. The van der Waals surface area contributed by atoms with Gasteiger partial charge in [0.1, 0.15) is 0 Å². The predicted molar refractivity (Wildman–Crippen MR) is 72.0 cm³/mol. The topological polar surface area (TPSA) is 53.1 Å². The van der Waals surface area contributed by atoms with E-state index >= 15 is 0 Å². The van der Waals surface area contributed by atoms with Crippen LogP contribution in [0.25, 0.3) is 0 Å². The lowest BCUT2D eigenvalue weighted by molar-refractivity contribution is 0.260. The van der Waals surface area contributed by atoms with Gasteiger partial charge in [-0.3, -0.25) is 5.41 Å². The number of nitrogens with one attached hydrogen (secondary N) is 1. The molecule has 0 radical (unpaired) electrons. The maximum Gasteiger partial charge on any atom is 0.0905 e. The van der Waals surface area contributed by atoms with E-state index in [1.807, 2.05) is 0 Å². The van der Waals surface area contributed by atoms with Gasteiger partial charge in [-0.15, -0.1) is 0 Å². The number of amidine groups is 1. The standard InChI is InChI=1S/C13H29N3/c1-3-5-10-16(11-6-4-2)12-8-7-9-13(14)15/h3-12H2,1-2H3,(H3,14,15). The number of rotatable bonds is 11. The van der Waals surface area contributed by atoms with Gasteiger partial charge in [0, 0.05) is 6.42 Å². The molecular weight excluding hydrogens is 198 g/mol. The lowest BCUT2D eigenvalue weighted by atomic mass is 10.2. The van der Waals surface area contributed by atoms with Gasteiger partial charge in [-0.05, 0) is 45.3 Å². The number of unbranched alkanes of at least 4 members (excludes halogenated alkanes) is 3. The molecule has 16 heavy (non-hydrogen) atoms. The quantitative estimate of drug-likeness (QED) is 0.324. The van der Waals surface area contributed by atoms with Gasteiger partial charge >= 0.3 is 0 Å². The molecule has 0 aliphatic rings. The Labute approximate surface area is 101 Å². The molecule has 0 heterocycles. The van der Waals surface area contributed by atoms with E-state index < -0.39 is 0 Å². The number of nitrogens with zero attached hydrogens (tertiary/aromatic N) is 1. The second-order valence-corrected chi connectivity index (χ2v) is 4.53. The molecule has 3 heteroatoms. The molecule has 0 saturated carbocycles. The monoisotopic (exact) mass is 227 g/mol. The first-order valence-electron chi connectivity index (χ1n) is 6.76. The zero-order valence-electron chi connectivity index (χ0n) is 11.1. The first-order chi connectivity index (χ1) is 7.70. The number of hydrogen-bond donors (Lipinski definition) is 2. The fourth-order valence-corrected chi connectivity index (χ4v) is 1.75. The number of nitrogens with two attached hydrogens (primary N) is 1. The van der Waals surface area contributed by atoms with Crippen molar-refractivity contribution in [3.63, 3.8) is 0 Å². The summed E-state index contributed by atoms with van der Waals surface area (Å²) in [7, 11) is 0. The fraction of sp³-hybridized carbons (Fsp3) is 0.923. The van der Waals surface area contributed by atoms with Gasteiger partial charge in [0.15, 0.2) is 0 Å². The van der Waals surface area contributed by atoms with Crippen molar-refractivity contribution in [2.24, 2.45) is 5.73 Å². The Morgan fingerprint density at radius 2 is 1.44 bits per heavy atom. The van der Waals surface area contributed by atoms with Gasteiger partial charge in [-0.25, -0.2) is 0 Å². The van der Waals surface area contributed by atoms with Crippen LogP contribution in [0.3, 0.4) is 0 Å². The van der Waals surface area contributed by atoms with E-state index in [2.05, 4.69) is 18.7 Å². The predicted octanol–water partition coefficient (Wildman–Crippen LogP) is 2.99. The average molecular weight is 227 g/mol. The molecular formula is C13H29N3. The van der Waals surface area contributed by atoms with E-state index in [0.29, 0.717) is 5.84 Å².